The summed E-state index contributed by atoms with van der Waals surface area (Å²) in [5.74, 6) is 0.763. The molecular formula is C29H36N2O5. The summed E-state index contributed by atoms with van der Waals surface area (Å²) in [6.45, 7) is 3.87. The number of aromatic nitrogens is 2. The molecule has 36 heavy (non-hydrogen) atoms. The van der Waals surface area contributed by atoms with Crippen molar-refractivity contribution in [1.82, 2.24) is 9.78 Å². The van der Waals surface area contributed by atoms with Gasteiger partial charge in [0.2, 0.25) is 0 Å². The van der Waals surface area contributed by atoms with Crippen molar-refractivity contribution >= 4 is 6.16 Å². The second kappa shape index (κ2) is 12.1. The van der Waals surface area contributed by atoms with E-state index >= 15 is 0 Å². The van der Waals surface area contributed by atoms with Crippen LogP contribution >= 0.6 is 0 Å². The molecule has 0 radical (unpaired) electrons. The van der Waals surface area contributed by atoms with Gasteiger partial charge in [0.1, 0.15) is 18.0 Å². The van der Waals surface area contributed by atoms with Crippen molar-refractivity contribution in [2.45, 2.75) is 77.1 Å². The Morgan fingerprint density at radius 3 is 2.42 bits per heavy atom. The van der Waals surface area contributed by atoms with E-state index in [9.17, 15) is 9.90 Å². The first-order valence-corrected chi connectivity index (χ1v) is 12.8. The minimum atomic E-state index is -0.797. The molecule has 4 rings (SSSR count). The number of aliphatic hydroxyl groups is 1. The van der Waals surface area contributed by atoms with E-state index in [2.05, 4.69) is 24.3 Å². The highest BCUT2D eigenvalue weighted by atomic mass is 16.7. The minimum absolute atomic E-state index is 0.0360. The predicted molar refractivity (Wildman–Crippen MR) is 138 cm³/mol. The quantitative estimate of drug-likeness (QED) is 0.341. The first-order valence-electron chi connectivity index (χ1n) is 12.8. The third-order valence-electron chi connectivity index (χ3n) is 6.69. The molecule has 1 N–H and O–H groups in total. The molecule has 0 amide bonds. The second-order valence-electron chi connectivity index (χ2n) is 9.58. The Morgan fingerprint density at radius 2 is 1.75 bits per heavy atom. The molecule has 0 saturated heterocycles. The molecule has 1 saturated carbocycles. The number of aryl methyl sites for hydroxylation is 1. The highest BCUT2D eigenvalue weighted by Crippen LogP contribution is 2.29. The molecule has 2 unspecified atom stereocenters. The zero-order valence-corrected chi connectivity index (χ0v) is 21.4. The maximum atomic E-state index is 12.1. The fraction of sp³-hybridized carbons (Fsp3) is 0.448. The molecule has 1 heterocycles. The highest BCUT2D eigenvalue weighted by Gasteiger charge is 2.22. The van der Waals surface area contributed by atoms with Gasteiger partial charge < -0.3 is 19.3 Å². The maximum Gasteiger partial charge on any atom is 0.508 e. The van der Waals surface area contributed by atoms with E-state index < -0.39 is 12.3 Å². The number of hydrogen-bond acceptors (Lipinski definition) is 6. The first-order chi connectivity index (χ1) is 17.4. The van der Waals surface area contributed by atoms with Crippen LogP contribution in [-0.4, -0.2) is 40.4 Å². The van der Waals surface area contributed by atoms with Gasteiger partial charge in [-0.1, -0.05) is 36.2 Å². The molecule has 7 heteroatoms. The summed E-state index contributed by atoms with van der Waals surface area (Å²) in [7, 11) is 1.63. The van der Waals surface area contributed by atoms with Crippen LogP contribution in [0.2, 0.25) is 0 Å². The van der Waals surface area contributed by atoms with Crippen LogP contribution in [0.5, 0.6) is 5.75 Å². The normalized spacial score (nSPS) is 15.8. The number of aliphatic hydroxyl groups excluding tert-OH is 1. The zero-order valence-electron chi connectivity index (χ0n) is 21.4. The Labute approximate surface area is 213 Å². The second-order valence-corrected chi connectivity index (χ2v) is 9.58. The lowest BCUT2D eigenvalue weighted by atomic mass is 9.98. The van der Waals surface area contributed by atoms with Crippen molar-refractivity contribution in [3.05, 3.63) is 65.9 Å². The Kier molecular flexibility index (Phi) is 8.65. The van der Waals surface area contributed by atoms with Gasteiger partial charge in [0.05, 0.1) is 30.3 Å². The third kappa shape index (κ3) is 6.66. The van der Waals surface area contributed by atoms with Crippen molar-refractivity contribution in [1.29, 1.82) is 0 Å². The zero-order chi connectivity index (χ0) is 25.5. The van der Waals surface area contributed by atoms with Crippen LogP contribution in [-0.2, 0) is 9.47 Å². The molecule has 2 aromatic carbocycles. The predicted octanol–water partition coefficient (Wildman–Crippen LogP) is 6.54. The number of benzene rings is 2. The fourth-order valence-corrected chi connectivity index (χ4v) is 4.52. The Balaban J connectivity index is 1.43. The number of carbonyl (C=O) groups excluding carboxylic acids is 1. The molecule has 192 valence electrons. The molecule has 1 aliphatic carbocycles. The molecule has 1 aliphatic rings. The van der Waals surface area contributed by atoms with Gasteiger partial charge in [-0.3, -0.25) is 0 Å². The summed E-state index contributed by atoms with van der Waals surface area (Å²) in [4.78, 5) is 12.1. The van der Waals surface area contributed by atoms with Crippen LogP contribution in [0.3, 0.4) is 0 Å². The summed E-state index contributed by atoms with van der Waals surface area (Å²) in [6, 6.07) is 17.8. The number of hydrogen-bond donors (Lipinski definition) is 1. The standard InChI is InChI=1S/C29H36N2O5/c1-20-9-12-22(13-10-20)27-19-26(30-31(27)23-14-16-24(34-3)17-15-23)28(32)18-11-21(2)35-29(33)36-25-7-5-4-6-8-25/h9-10,12-17,19,21,25,28,32H,4-8,11,18H2,1-3H3. The molecule has 7 nitrogen and oxygen atoms in total. The number of ether oxygens (including phenoxy) is 3. The van der Waals surface area contributed by atoms with Gasteiger partial charge in [0.15, 0.2) is 0 Å². The van der Waals surface area contributed by atoms with Crippen LogP contribution in [0, 0.1) is 6.92 Å². The van der Waals surface area contributed by atoms with E-state index in [4.69, 9.17) is 19.3 Å². The van der Waals surface area contributed by atoms with Gasteiger partial charge in [-0.2, -0.15) is 5.10 Å². The number of carbonyl (C=O) groups is 1. The van der Waals surface area contributed by atoms with Crippen LogP contribution in [0.15, 0.2) is 54.6 Å². The number of methoxy groups -OCH3 is 1. The topological polar surface area (TPSA) is 82.8 Å². The number of nitrogens with zero attached hydrogens (tertiary/aromatic N) is 2. The molecule has 0 bridgehead atoms. The summed E-state index contributed by atoms with van der Waals surface area (Å²) in [6.07, 6.45) is 4.28. The lowest BCUT2D eigenvalue weighted by Crippen LogP contribution is -2.24. The van der Waals surface area contributed by atoms with E-state index in [1.165, 1.54) is 12.0 Å². The van der Waals surface area contributed by atoms with Crippen LogP contribution in [0.4, 0.5) is 4.79 Å². The van der Waals surface area contributed by atoms with Gasteiger partial charge in [-0.05, 0) is 82.7 Å². The van der Waals surface area contributed by atoms with Gasteiger partial charge in [-0.15, -0.1) is 0 Å². The van der Waals surface area contributed by atoms with E-state index in [0.29, 0.717) is 18.5 Å². The lowest BCUT2D eigenvalue weighted by Gasteiger charge is -2.22. The van der Waals surface area contributed by atoms with E-state index in [0.717, 1.165) is 48.4 Å². The molecule has 2 atom stereocenters. The Morgan fingerprint density at radius 1 is 1.06 bits per heavy atom. The molecule has 1 fully saturated rings. The smallest absolute Gasteiger partial charge is 0.497 e. The maximum absolute atomic E-state index is 12.1. The Hall–Kier alpha value is -3.32. The average molecular weight is 493 g/mol. The molecule has 0 aliphatic heterocycles. The largest absolute Gasteiger partial charge is 0.508 e. The summed E-state index contributed by atoms with van der Waals surface area (Å²) in [5, 5.41) is 15.7. The van der Waals surface area contributed by atoms with Gasteiger partial charge >= 0.3 is 6.16 Å². The minimum Gasteiger partial charge on any atom is -0.497 e. The SMILES string of the molecule is COc1ccc(-n2nc(C(O)CCC(C)OC(=O)OC3CCCCC3)cc2-c2ccc(C)cc2)cc1. The monoisotopic (exact) mass is 492 g/mol. The molecule has 1 aromatic heterocycles. The highest BCUT2D eigenvalue weighted by molar-refractivity contribution is 5.63. The first kappa shape index (κ1) is 25.8. The summed E-state index contributed by atoms with van der Waals surface area (Å²) >= 11 is 0. The van der Waals surface area contributed by atoms with Crippen molar-refractivity contribution < 1.29 is 24.1 Å². The molecule has 3 aromatic rings. The molecular weight excluding hydrogens is 456 g/mol. The van der Waals surface area contributed by atoms with Crippen molar-refractivity contribution in [3.8, 4) is 22.7 Å². The van der Waals surface area contributed by atoms with Gasteiger partial charge in [-0.25, -0.2) is 9.48 Å². The fourth-order valence-electron chi connectivity index (χ4n) is 4.52. The Bertz CT molecular complexity index is 1120. The van der Waals surface area contributed by atoms with E-state index in [1.54, 1.807) is 7.11 Å². The van der Waals surface area contributed by atoms with Crippen LogP contribution in [0.25, 0.3) is 16.9 Å². The average Bonchev–Trinajstić information content (AvgIpc) is 3.34. The summed E-state index contributed by atoms with van der Waals surface area (Å²) in [5.41, 5.74) is 4.50. The van der Waals surface area contributed by atoms with Gasteiger partial charge in [0.25, 0.3) is 0 Å². The van der Waals surface area contributed by atoms with Gasteiger partial charge in [0, 0.05) is 5.56 Å². The van der Waals surface area contributed by atoms with Crippen molar-refractivity contribution in [2.24, 2.45) is 0 Å². The number of rotatable bonds is 9. The molecule has 0 spiro atoms. The van der Waals surface area contributed by atoms with Crippen molar-refractivity contribution in [2.75, 3.05) is 7.11 Å². The van der Waals surface area contributed by atoms with Crippen LogP contribution < -0.4 is 4.74 Å². The van der Waals surface area contributed by atoms with E-state index in [-0.39, 0.29) is 12.2 Å². The lowest BCUT2D eigenvalue weighted by molar-refractivity contribution is -0.0115. The summed E-state index contributed by atoms with van der Waals surface area (Å²) < 4.78 is 18.0. The van der Waals surface area contributed by atoms with E-state index in [1.807, 2.05) is 48.9 Å². The third-order valence-corrected chi connectivity index (χ3v) is 6.69. The van der Waals surface area contributed by atoms with Crippen LogP contribution in [0.1, 0.15) is 69.2 Å². The van der Waals surface area contributed by atoms with Crippen molar-refractivity contribution in [3.63, 3.8) is 0 Å².